The lowest BCUT2D eigenvalue weighted by Crippen LogP contribution is -2.48. The third-order valence-electron chi connectivity index (χ3n) is 4.48. The molecule has 2 N–H and O–H groups in total. The van der Waals surface area contributed by atoms with E-state index in [0.717, 1.165) is 24.5 Å². The molecule has 0 aromatic carbocycles. The molecule has 1 aromatic rings. The zero-order valence-corrected chi connectivity index (χ0v) is 19.4. The molecule has 1 saturated heterocycles. The van der Waals surface area contributed by atoms with Gasteiger partial charge in [0.15, 0.2) is 5.96 Å². The number of piperidine rings is 1. The topological polar surface area (TPSA) is 61.8 Å². The number of hydrogen-bond donors (Lipinski definition) is 2. The number of likely N-dealkylation sites (tertiary alicyclic amines) is 1. The van der Waals surface area contributed by atoms with E-state index >= 15 is 0 Å². The van der Waals surface area contributed by atoms with Gasteiger partial charge in [-0.05, 0) is 44.7 Å². The molecule has 1 fully saturated rings. The molecular formula is C20H36IN5O. The van der Waals surface area contributed by atoms with E-state index < -0.39 is 0 Å². The third kappa shape index (κ3) is 9.10. The predicted molar refractivity (Wildman–Crippen MR) is 123 cm³/mol. The van der Waals surface area contributed by atoms with Gasteiger partial charge in [0.2, 0.25) is 5.88 Å². The molecule has 0 amide bonds. The fraction of sp³-hybridized carbons (Fsp3) is 0.700. The smallest absolute Gasteiger partial charge is 0.213 e. The zero-order chi connectivity index (χ0) is 18.6. The van der Waals surface area contributed by atoms with Crippen molar-refractivity contribution < 1.29 is 4.74 Å². The van der Waals surface area contributed by atoms with Crippen LogP contribution in [-0.2, 0) is 6.54 Å². The lowest BCUT2D eigenvalue weighted by atomic mass is 10.1. The molecule has 6 nitrogen and oxygen atoms in total. The van der Waals surface area contributed by atoms with Gasteiger partial charge in [-0.2, -0.15) is 0 Å². The highest BCUT2D eigenvalue weighted by molar-refractivity contribution is 14.0. The van der Waals surface area contributed by atoms with E-state index in [9.17, 15) is 0 Å². The van der Waals surface area contributed by atoms with Crippen LogP contribution in [0.1, 0.15) is 52.0 Å². The fourth-order valence-corrected chi connectivity index (χ4v) is 3.10. The zero-order valence-electron chi connectivity index (χ0n) is 17.0. The second-order valence-corrected chi connectivity index (χ2v) is 6.81. The van der Waals surface area contributed by atoms with Crippen molar-refractivity contribution in [2.45, 2.75) is 59.0 Å². The molecule has 0 unspecified atom stereocenters. The van der Waals surface area contributed by atoms with E-state index in [0.29, 0.717) is 25.1 Å². The number of pyridine rings is 1. The Morgan fingerprint density at radius 1 is 1.22 bits per heavy atom. The van der Waals surface area contributed by atoms with Crippen LogP contribution in [0.5, 0.6) is 5.88 Å². The Balaban J connectivity index is 0.00000364. The Bertz CT molecular complexity index is 530. The Morgan fingerprint density at radius 3 is 2.59 bits per heavy atom. The largest absolute Gasteiger partial charge is 0.478 e. The van der Waals surface area contributed by atoms with Crippen molar-refractivity contribution >= 4 is 29.9 Å². The normalized spacial score (nSPS) is 15.9. The summed E-state index contributed by atoms with van der Waals surface area (Å²) in [5.41, 5.74) is 1.09. The van der Waals surface area contributed by atoms with Crippen molar-refractivity contribution in [3.05, 3.63) is 23.9 Å². The average molecular weight is 489 g/mol. The van der Waals surface area contributed by atoms with Crippen molar-refractivity contribution in [1.82, 2.24) is 20.5 Å². The number of guanidine groups is 1. The second kappa shape index (κ2) is 14.0. The number of halogens is 1. The van der Waals surface area contributed by atoms with Crippen LogP contribution in [0.15, 0.2) is 23.3 Å². The van der Waals surface area contributed by atoms with Gasteiger partial charge in [-0.1, -0.05) is 19.9 Å². The number of rotatable bonds is 9. The molecule has 0 aliphatic carbocycles. The first kappa shape index (κ1) is 23.9. The van der Waals surface area contributed by atoms with Gasteiger partial charge in [0.1, 0.15) is 0 Å². The van der Waals surface area contributed by atoms with E-state index in [1.165, 1.54) is 38.9 Å². The van der Waals surface area contributed by atoms with Crippen LogP contribution in [-0.4, -0.2) is 54.7 Å². The van der Waals surface area contributed by atoms with E-state index in [4.69, 9.17) is 9.73 Å². The monoisotopic (exact) mass is 489 g/mol. The summed E-state index contributed by atoms with van der Waals surface area (Å²) in [7, 11) is 0. The van der Waals surface area contributed by atoms with Gasteiger partial charge in [-0.3, -0.25) is 0 Å². The van der Waals surface area contributed by atoms with Crippen LogP contribution in [0.2, 0.25) is 0 Å². The highest BCUT2D eigenvalue weighted by atomic mass is 127. The molecular weight excluding hydrogens is 453 g/mol. The molecule has 0 saturated carbocycles. The lowest BCUT2D eigenvalue weighted by Gasteiger charge is -2.32. The standard InChI is InChI=1S/C20H35N5O.HI/c1-4-11-25-12-9-18(10-13-25)24-20(21-6-3)23-16-17-7-8-19(22-15-17)26-14-5-2;/h7-8,15,18H,4-6,9-14,16H2,1-3H3,(H2,21,23,24);1H. The van der Waals surface area contributed by atoms with Crippen LogP contribution < -0.4 is 15.4 Å². The number of nitrogens with one attached hydrogen (secondary N) is 2. The average Bonchev–Trinajstić information content (AvgIpc) is 2.67. The van der Waals surface area contributed by atoms with E-state index in [-0.39, 0.29) is 24.0 Å². The number of hydrogen-bond acceptors (Lipinski definition) is 4. The molecule has 1 aliphatic heterocycles. The first-order chi connectivity index (χ1) is 12.7. The highest BCUT2D eigenvalue weighted by Gasteiger charge is 2.19. The molecule has 0 bridgehead atoms. The van der Waals surface area contributed by atoms with Gasteiger partial charge in [-0.25, -0.2) is 9.98 Å². The third-order valence-corrected chi connectivity index (χ3v) is 4.48. The molecule has 0 spiro atoms. The summed E-state index contributed by atoms with van der Waals surface area (Å²) in [5.74, 6) is 1.58. The molecule has 1 aromatic heterocycles. The second-order valence-electron chi connectivity index (χ2n) is 6.81. The Labute approximate surface area is 181 Å². The number of aromatic nitrogens is 1. The molecule has 2 heterocycles. The van der Waals surface area contributed by atoms with Gasteiger partial charge in [-0.15, -0.1) is 24.0 Å². The SMILES string of the molecule is CCCOc1ccc(CN=C(NCC)NC2CCN(CCC)CC2)cn1.I. The van der Waals surface area contributed by atoms with Crippen molar-refractivity contribution in [3.8, 4) is 5.88 Å². The molecule has 154 valence electrons. The van der Waals surface area contributed by atoms with Crippen LogP contribution >= 0.6 is 24.0 Å². The first-order valence-corrected chi connectivity index (χ1v) is 10.1. The molecule has 1 aliphatic rings. The van der Waals surface area contributed by atoms with Crippen LogP contribution in [0.25, 0.3) is 0 Å². The lowest BCUT2D eigenvalue weighted by molar-refractivity contribution is 0.206. The van der Waals surface area contributed by atoms with Crippen molar-refractivity contribution in [1.29, 1.82) is 0 Å². The van der Waals surface area contributed by atoms with Gasteiger partial charge in [0, 0.05) is 37.9 Å². The van der Waals surface area contributed by atoms with Crippen molar-refractivity contribution in [2.75, 3.05) is 32.8 Å². The van der Waals surface area contributed by atoms with E-state index in [2.05, 4.69) is 41.3 Å². The van der Waals surface area contributed by atoms with Crippen LogP contribution in [0.4, 0.5) is 0 Å². The summed E-state index contributed by atoms with van der Waals surface area (Å²) in [5, 5.41) is 6.95. The minimum Gasteiger partial charge on any atom is -0.478 e. The Morgan fingerprint density at radius 2 is 2.00 bits per heavy atom. The molecule has 2 rings (SSSR count). The van der Waals surface area contributed by atoms with Gasteiger partial charge < -0.3 is 20.3 Å². The summed E-state index contributed by atoms with van der Waals surface area (Å²) in [6, 6.07) is 4.46. The quantitative estimate of drug-likeness (QED) is 0.316. The summed E-state index contributed by atoms with van der Waals surface area (Å²) in [4.78, 5) is 11.6. The molecule has 7 heteroatoms. The maximum atomic E-state index is 5.53. The van der Waals surface area contributed by atoms with E-state index in [1.807, 2.05) is 18.3 Å². The number of aliphatic imine (C=N–C) groups is 1. The van der Waals surface area contributed by atoms with Crippen LogP contribution in [0, 0.1) is 0 Å². The van der Waals surface area contributed by atoms with Gasteiger partial charge in [0.05, 0.1) is 13.2 Å². The molecule has 27 heavy (non-hydrogen) atoms. The predicted octanol–water partition coefficient (Wildman–Crippen LogP) is 3.42. The van der Waals surface area contributed by atoms with Gasteiger partial charge in [0.25, 0.3) is 0 Å². The summed E-state index contributed by atoms with van der Waals surface area (Å²) in [6.07, 6.45) is 6.42. The summed E-state index contributed by atoms with van der Waals surface area (Å²) in [6.45, 7) is 12.2. The minimum atomic E-state index is 0. The highest BCUT2D eigenvalue weighted by Crippen LogP contribution is 2.11. The van der Waals surface area contributed by atoms with Gasteiger partial charge >= 0.3 is 0 Å². The minimum absolute atomic E-state index is 0. The summed E-state index contributed by atoms with van der Waals surface area (Å²) >= 11 is 0. The number of ether oxygens (including phenoxy) is 1. The first-order valence-electron chi connectivity index (χ1n) is 10.1. The maximum absolute atomic E-state index is 5.53. The number of nitrogens with zero attached hydrogens (tertiary/aromatic N) is 3. The molecule has 0 radical (unpaired) electrons. The summed E-state index contributed by atoms with van der Waals surface area (Å²) < 4.78 is 5.53. The van der Waals surface area contributed by atoms with Crippen molar-refractivity contribution in [3.63, 3.8) is 0 Å². The molecule has 0 atom stereocenters. The Kier molecular flexibility index (Phi) is 12.4. The fourth-order valence-electron chi connectivity index (χ4n) is 3.10. The van der Waals surface area contributed by atoms with Crippen LogP contribution in [0.3, 0.4) is 0 Å². The van der Waals surface area contributed by atoms with Crippen molar-refractivity contribution in [2.24, 2.45) is 4.99 Å². The van der Waals surface area contributed by atoms with E-state index in [1.54, 1.807) is 0 Å². The Hall–Kier alpha value is -1.09. The maximum Gasteiger partial charge on any atom is 0.213 e.